The maximum Gasteiger partial charge on any atom is 0.355 e. The van der Waals surface area contributed by atoms with Crippen molar-refractivity contribution >= 4 is 23.7 Å². The van der Waals surface area contributed by atoms with Crippen molar-refractivity contribution in [1.82, 2.24) is 0 Å². The lowest BCUT2D eigenvalue weighted by Gasteiger charge is -2.23. The number of hydrogen-bond donors (Lipinski definition) is 1. The van der Waals surface area contributed by atoms with Crippen LogP contribution in [0.1, 0.15) is 38.1 Å². The van der Waals surface area contributed by atoms with Gasteiger partial charge in [0.2, 0.25) is 5.78 Å². The second-order valence-electron chi connectivity index (χ2n) is 8.75. The third-order valence-corrected chi connectivity index (χ3v) is 5.08. The molecular formula is C23H28N4O8. The first-order valence-electron chi connectivity index (χ1n) is 10.7. The Morgan fingerprint density at radius 1 is 1.14 bits per heavy atom. The predicted octanol–water partition coefficient (Wildman–Crippen LogP) is 2.22. The summed E-state index contributed by atoms with van der Waals surface area (Å²) in [4.78, 5) is 53.9. The van der Waals surface area contributed by atoms with E-state index in [0.717, 1.165) is 7.11 Å². The number of Topliss-reactive ketones (excluding diaryl/α,β-unsaturated/α-hetero) is 1. The summed E-state index contributed by atoms with van der Waals surface area (Å²) in [5, 5.41) is 3.47. The van der Waals surface area contributed by atoms with E-state index in [0.29, 0.717) is 0 Å². The zero-order valence-electron chi connectivity index (χ0n) is 20.1. The third-order valence-electron chi connectivity index (χ3n) is 5.08. The first-order chi connectivity index (χ1) is 16.4. The molecule has 1 aromatic carbocycles. The van der Waals surface area contributed by atoms with Crippen molar-refractivity contribution in [2.24, 2.45) is 16.8 Å². The highest BCUT2D eigenvalue weighted by Gasteiger charge is 2.50. The van der Waals surface area contributed by atoms with Crippen LogP contribution in [0.4, 0.5) is 0 Å². The molecule has 0 saturated carbocycles. The predicted molar refractivity (Wildman–Crippen MR) is 122 cm³/mol. The Morgan fingerprint density at radius 3 is 2.31 bits per heavy atom. The molecule has 1 heterocycles. The van der Waals surface area contributed by atoms with Gasteiger partial charge in [-0.2, -0.15) is 0 Å². The second-order valence-corrected chi connectivity index (χ2v) is 8.75. The van der Waals surface area contributed by atoms with E-state index in [2.05, 4.69) is 14.8 Å². The fraction of sp³-hybridized carbons (Fsp3) is 0.478. The molecule has 0 bridgehead atoms. The first kappa shape index (κ1) is 27.4. The van der Waals surface area contributed by atoms with Crippen LogP contribution in [0.5, 0.6) is 0 Å². The van der Waals surface area contributed by atoms with Crippen LogP contribution in [0.2, 0.25) is 0 Å². The summed E-state index contributed by atoms with van der Waals surface area (Å²) in [7, 11) is 1.01. The third kappa shape index (κ3) is 6.81. The van der Waals surface area contributed by atoms with E-state index >= 15 is 0 Å². The molecule has 0 aliphatic carbocycles. The van der Waals surface area contributed by atoms with Gasteiger partial charge >= 0.3 is 17.9 Å². The Labute approximate surface area is 202 Å². The van der Waals surface area contributed by atoms with E-state index in [9.17, 15) is 19.2 Å². The highest BCUT2D eigenvalue weighted by atomic mass is 16.6. The molecule has 1 saturated heterocycles. The molecule has 35 heavy (non-hydrogen) atoms. The van der Waals surface area contributed by atoms with Crippen LogP contribution in [0, 0.1) is 5.92 Å². The number of nitrogens with two attached hydrogens (primary N) is 1. The van der Waals surface area contributed by atoms with Gasteiger partial charge in [-0.1, -0.05) is 30.2 Å². The van der Waals surface area contributed by atoms with Crippen LogP contribution >= 0.6 is 0 Å². The molecule has 188 valence electrons. The molecule has 4 atom stereocenters. The van der Waals surface area contributed by atoms with Gasteiger partial charge in [0, 0.05) is 10.8 Å². The van der Waals surface area contributed by atoms with Crippen LogP contribution in [0.25, 0.3) is 10.4 Å². The lowest BCUT2D eigenvalue weighted by molar-refractivity contribution is -0.151. The summed E-state index contributed by atoms with van der Waals surface area (Å²) in [6, 6.07) is 8.04. The zero-order chi connectivity index (χ0) is 26.3. The molecule has 1 aliphatic heterocycles. The van der Waals surface area contributed by atoms with Crippen LogP contribution in [-0.2, 0) is 33.3 Å². The zero-order valence-corrected chi connectivity index (χ0v) is 20.1. The number of ether oxygens (including phenoxy) is 4. The molecular weight excluding hydrogens is 460 g/mol. The molecule has 1 aliphatic rings. The maximum absolute atomic E-state index is 13.5. The van der Waals surface area contributed by atoms with Crippen molar-refractivity contribution in [2.45, 2.75) is 51.6 Å². The number of hydrogen-bond acceptors (Lipinski definition) is 10. The minimum Gasteiger partial charge on any atom is -0.465 e. The van der Waals surface area contributed by atoms with Crippen molar-refractivity contribution in [1.29, 1.82) is 0 Å². The Bertz CT molecular complexity index is 1060. The van der Waals surface area contributed by atoms with Crippen LogP contribution in [0.3, 0.4) is 0 Å². The summed E-state index contributed by atoms with van der Waals surface area (Å²) in [6.45, 7) is 6.21. The highest BCUT2D eigenvalue weighted by Crippen LogP contribution is 2.33. The summed E-state index contributed by atoms with van der Waals surface area (Å²) >= 11 is 0. The van der Waals surface area contributed by atoms with E-state index in [1.807, 2.05) is 0 Å². The Hall–Kier alpha value is -3.89. The molecule has 1 aromatic rings. The van der Waals surface area contributed by atoms with Gasteiger partial charge in [0.1, 0.15) is 23.0 Å². The second kappa shape index (κ2) is 11.5. The molecule has 0 spiro atoms. The van der Waals surface area contributed by atoms with Gasteiger partial charge in [0.15, 0.2) is 6.10 Å². The van der Waals surface area contributed by atoms with Crippen molar-refractivity contribution in [3.05, 3.63) is 57.6 Å². The fourth-order valence-electron chi connectivity index (χ4n) is 3.37. The average Bonchev–Trinajstić information content (AvgIpc) is 3.11. The summed E-state index contributed by atoms with van der Waals surface area (Å²) in [5.41, 5.74) is 12.2. The van der Waals surface area contributed by atoms with Gasteiger partial charge in [-0.3, -0.25) is 4.79 Å². The van der Waals surface area contributed by atoms with E-state index in [-0.39, 0.29) is 12.1 Å². The number of ketones is 1. The molecule has 0 amide bonds. The molecule has 0 aromatic heterocycles. The van der Waals surface area contributed by atoms with Crippen LogP contribution in [-0.4, -0.2) is 61.3 Å². The van der Waals surface area contributed by atoms with Crippen molar-refractivity contribution in [3.63, 3.8) is 0 Å². The number of carbonyl (C=O) groups excluding carboxylic acids is 4. The van der Waals surface area contributed by atoms with E-state index in [1.165, 1.54) is 12.1 Å². The van der Waals surface area contributed by atoms with E-state index < -0.39 is 64.8 Å². The van der Waals surface area contributed by atoms with Crippen molar-refractivity contribution < 1.29 is 38.1 Å². The lowest BCUT2D eigenvalue weighted by Crippen LogP contribution is -2.41. The van der Waals surface area contributed by atoms with E-state index in [4.69, 9.17) is 25.5 Å². The quantitative estimate of drug-likeness (QED) is 0.0838. The number of methoxy groups -OCH3 is 1. The monoisotopic (exact) mass is 488 g/mol. The summed E-state index contributed by atoms with van der Waals surface area (Å²) in [5.74, 6) is -4.70. The molecule has 2 rings (SSSR count). The summed E-state index contributed by atoms with van der Waals surface area (Å²) in [6.07, 6.45) is -3.55. The van der Waals surface area contributed by atoms with Gasteiger partial charge in [0.25, 0.3) is 0 Å². The minimum atomic E-state index is -1.54. The van der Waals surface area contributed by atoms with Gasteiger partial charge in [0.05, 0.1) is 25.3 Å². The molecule has 12 heteroatoms. The number of azide groups is 1. The normalized spacial score (nSPS) is 22.3. The standard InChI is InChI=1S/C23H28N4O8/c1-12-14(11-26-27-25)33-19(18(12)34-20(29)13-9-7-6-8-10-13)17(28)15(21(30)32-5)16(24)22(31)35-23(2,3)4/h6-10,12,14,18-19H,11,24H2,1-5H3/b16-15+/t12-,14-,18-,19+/m1/s1. The van der Waals surface area contributed by atoms with Crippen molar-refractivity contribution in [2.75, 3.05) is 13.7 Å². The Balaban J connectivity index is 2.48. The molecule has 12 nitrogen and oxygen atoms in total. The summed E-state index contributed by atoms with van der Waals surface area (Å²) < 4.78 is 21.2. The SMILES string of the molecule is COC(=O)/C(C(=O)[C@@H]1O[C@H](CN=[N+]=[N-])[C@@H](C)[C@H]1OC(=O)c1ccccc1)=C(/N)C(=O)OC(C)(C)C. The van der Waals surface area contributed by atoms with Crippen molar-refractivity contribution in [3.8, 4) is 0 Å². The molecule has 2 N–H and O–H groups in total. The Kier molecular flexibility index (Phi) is 8.99. The number of nitrogens with zero attached hydrogens (tertiary/aromatic N) is 3. The van der Waals surface area contributed by atoms with Gasteiger partial charge < -0.3 is 24.7 Å². The van der Waals surface area contributed by atoms with Gasteiger partial charge in [-0.05, 0) is 38.4 Å². The number of carbonyl (C=O) groups is 4. The highest BCUT2D eigenvalue weighted by molar-refractivity contribution is 6.23. The first-order valence-corrected chi connectivity index (χ1v) is 10.7. The number of benzene rings is 1. The maximum atomic E-state index is 13.5. The van der Waals surface area contributed by atoms with Gasteiger partial charge in [-0.25, -0.2) is 14.4 Å². The minimum absolute atomic E-state index is 0.167. The fourth-order valence-corrected chi connectivity index (χ4v) is 3.37. The largest absolute Gasteiger partial charge is 0.465 e. The topological polar surface area (TPSA) is 180 Å². The number of esters is 3. The molecule has 1 fully saturated rings. The van der Waals surface area contributed by atoms with Crippen LogP contribution in [0.15, 0.2) is 46.7 Å². The smallest absolute Gasteiger partial charge is 0.355 e. The molecule has 0 radical (unpaired) electrons. The van der Waals surface area contributed by atoms with Gasteiger partial charge in [-0.15, -0.1) is 0 Å². The van der Waals surface area contributed by atoms with E-state index in [1.54, 1.807) is 45.9 Å². The molecule has 0 unspecified atom stereocenters. The average molecular weight is 488 g/mol. The Morgan fingerprint density at radius 2 is 1.77 bits per heavy atom. The lowest BCUT2D eigenvalue weighted by atomic mass is 9.93. The van der Waals surface area contributed by atoms with Crippen LogP contribution < -0.4 is 5.73 Å². The number of rotatable bonds is 8.